The summed E-state index contributed by atoms with van der Waals surface area (Å²) < 4.78 is 7.49. The number of amides is 2. The molecule has 2 amide bonds. The van der Waals surface area contributed by atoms with E-state index >= 15 is 0 Å². The normalized spacial score (nSPS) is 29.1. The standard InChI is InChI=1S/C19H17Cl2N3O3/c1-9-7-15(22-23(9)8-10-11(20)3-2-4-12(10)21)24-18(25)16-13-5-6-14(27-13)17(16)19(24)26/h2-4,7,13-14,16-17H,5-6,8H2,1H3/t13-,14-,16-,17+/m0/s1. The highest BCUT2D eigenvalue weighted by atomic mass is 35.5. The number of halogens is 2. The van der Waals surface area contributed by atoms with Crippen molar-refractivity contribution in [1.29, 1.82) is 0 Å². The maximum absolute atomic E-state index is 12.9. The number of benzene rings is 1. The topological polar surface area (TPSA) is 64.4 Å². The highest BCUT2D eigenvalue weighted by molar-refractivity contribution is 6.36. The van der Waals surface area contributed by atoms with Crippen LogP contribution in [0, 0.1) is 18.8 Å². The Morgan fingerprint density at radius 1 is 1.11 bits per heavy atom. The van der Waals surface area contributed by atoms with Gasteiger partial charge in [-0.05, 0) is 31.9 Å². The van der Waals surface area contributed by atoms with Crippen LogP contribution in [0.4, 0.5) is 5.82 Å². The van der Waals surface area contributed by atoms with Gasteiger partial charge in [0.2, 0.25) is 11.8 Å². The highest BCUT2D eigenvalue weighted by Gasteiger charge is 2.63. The van der Waals surface area contributed by atoms with Crippen LogP contribution in [0.3, 0.4) is 0 Å². The maximum Gasteiger partial charge on any atom is 0.241 e. The summed E-state index contributed by atoms with van der Waals surface area (Å²) >= 11 is 12.5. The summed E-state index contributed by atoms with van der Waals surface area (Å²) in [6.45, 7) is 2.24. The van der Waals surface area contributed by atoms with Gasteiger partial charge in [-0.2, -0.15) is 5.10 Å². The Morgan fingerprint density at radius 2 is 1.70 bits per heavy atom. The molecular weight excluding hydrogens is 389 g/mol. The second-order valence-electron chi connectivity index (χ2n) is 7.36. The number of fused-ring (bicyclic) bond motifs is 5. The SMILES string of the molecule is Cc1cc(N2C(=O)[C@@H]3[C@H](C2=O)[C@@H]2CC[C@@H]3O2)nn1Cc1c(Cl)cccc1Cl. The van der Waals surface area contributed by atoms with E-state index in [1.54, 1.807) is 28.9 Å². The predicted molar refractivity (Wildman–Crippen MR) is 99.9 cm³/mol. The van der Waals surface area contributed by atoms with Crippen LogP contribution in [-0.4, -0.2) is 33.8 Å². The molecule has 0 spiro atoms. The zero-order valence-electron chi connectivity index (χ0n) is 14.6. The highest BCUT2D eigenvalue weighted by Crippen LogP contribution is 2.49. The second kappa shape index (κ2) is 6.06. The molecule has 1 aromatic carbocycles. The van der Waals surface area contributed by atoms with Crippen molar-refractivity contribution in [2.24, 2.45) is 11.8 Å². The van der Waals surface area contributed by atoms with Gasteiger partial charge in [0, 0.05) is 27.4 Å². The van der Waals surface area contributed by atoms with E-state index in [1.807, 2.05) is 6.92 Å². The number of hydrogen-bond acceptors (Lipinski definition) is 4. The first-order valence-electron chi connectivity index (χ1n) is 8.96. The Labute approximate surface area is 166 Å². The molecule has 3 fully saturated rings. The third-order valence-electron chi connectivity index (χ3n) is 5.85. The van der Waals surface area contributed by atoms with Crippen molar-refractivity contribution in [3.63, 3.8) is 0 Å². The van der Waals surface area contributed by atoms with Gasteiger partial charge in [-0.3, -0.25) is 14.3 Å². The van der Waals surface area contributed by atoms with Crippen LogP contribution >= 0.6 is 23.2 Å². The molecular formula is C19H17Cl2N3O3. The van der Waals surface area contributed by atoms with Gasteiger partial charge in [0.25, 0.3) is 0 Å². The third-order valence-corrected chi connectivity index (χ3v) is 6.56. The van der Waals surface area contributed by atoms with Gasteiger partial charge in [0.05, 0.1) is 30.6 Å². The number of carbonyl (C=O) groups excluding carboxylic acids is 2. The molecule has 27 heavy (non-hydrogen) atoms. The molecule has 2 aromatic rings. The van der Waals surface area contributed by atoms with E-state index in [0.29, 0.717) is 22.4 Å². The Morgan fingerprint density at radius 3 is 2.30 bits per heavy atom. The molecule has 3 saturated heterocycles. The van der Waals surface area contributed by atoms with Gasteiger partial charge in [0.1, 0.15) is 0 Å². The van der Waals surface area contributed by atoms with Gasteiger partial charge >= 0.3 is 0 Å². The minimum absolute atomic E-state index is 0.133. The molecule has 0 N–H and O–H groups in total. The van der Waals surface area contributed by atoms with Crippen LogP contribution in [0.25, 0.3) is 0 Å². The number of ether oxygens (including phenoxy) is 1. The lowest BCUT2D eigenvalue weighted by Gasteiger charge is -2.15. The molecule has 3 aliphatic rings. The van der Waals surface area contributed by atoms with Crippen LogP contribution in [0.5, 0.6) is 0 Å². The van der Waals surface area contributed by atoms with Crippen molar-refractivity contribution in [3.8, 4) is 0 Å². The summed E-state index contributed by atoms with van der Waals surface area (Å²) in [6, 6.07) is 7.08. The van der Waals surface area contributed by atoms with Crippen LogP contribution < -0.4 is 4.90 Å². The van der Waals surface area contributed by atoms with Crippen molar-refractivity contribution in [2.45, 2.75) is 38.5 Å². The number of aryl methyl sites for hydroxylation is 1. The zero-order valence-corrected chi connectivity index (χ0v) is 16.1. The number of imide groups is 1. The third kappa shape index (κ3) is 2.47. The summed E-state index contributed by atoms with van der Waals surface area (Å²) in [4.78, 5) is 27.1. The number of hydrogen-bond donors (Lipinski definition) is 0. The van der Waals surface area contributed by atoms with Gasteiger partial charge in [-0.25, -0.2) is 4.90 Å². The molecule has 1 aromatic heterocycles. The Kier molecular flexibility index (Phi) is 3.86. The Balaban J connectivity index is 1.47. The molecule has 0 unspecified atom stereocenters. The molecule has 4 atom stereocenters. The number of anilines is 1. The van der Waals surface area contributed by atoms with E-state index in [1.165, 1.54) is 4.90 Å². The zero-order chi connectivity index (χ0) is 18.9. The fourth-order valence-corrected chi connectivity index (χ4v) is 5.05. The molecule has 3 aliphatic heterocycles. The number of aromatic nitrogens is 2. The fraction of sp³-hybridized carbons (Fsp3) is 0.421. The first-order valence-corrected chi connectivity index (χ1v) is 9.72. The van der Waals surface area contributed by atoms with E-state index in [9.17, 15) is 9.59 Å². The van der Waals surface area contributed by atoms with Gasteiger partial charge in [0.15, 0.2) is 5.82 Å². The molecule has 4 heterocycles. The van der Waals surface area contributed by atoms with Gasteiger partial charge in [-0.1, -0.05) is 29.3 Å². The van der Waals surface area contributed by atoms with Gasteiger partial charge < -0.3 is 4.74 Å². The predicted octanol–water partition coefficient (Wildman–Crippen LogP) is 3.21. The monoisotopic (exact) mass is 405 g/mol. The van der Waals surface area contributed by atoms with Gasteiger partial charge in [-0.15, -0.1) is 0 Å². The number of carbonyl (C=O) groups is 2. The molecule has 5 rings (SSSR count). The van der Waals surface area contributed by atoms with E-state index in [4.69, 9.17) is 27.9 Å². The van der Waals surface area contributed by atoms with Crippen LogP contribution in [0.1, 0.15) is 24.1 Å². The number of nitrogens with zero attached hydrogens (tertiary/aromatic N) is 3. The first kappa shape index (κ1) is 17.2. The second-order valence-corrected chi connectivity index (χ2v) is 8.17. The van der Waals surface area contributed by atoms with Crippen molar-refractivity contribution in [2.75, 3.05) is 4.90 Å². The summed E-state index contributed by atoms with van der Waals surface area (Å²) in [5.41, 5.74) is 1.57. The Hall–Kier alpha value is -1.89. The van der Waals surface area contributed by atoms with Crippen LogP contribution in [0.2, 0.25) is 10.0 Å². The minimum atomic E-state index is -0.361. The fourth-order valence-electron chi connectivity index (χ4n) is 4.53. The molecule has 140 valence electrons. The van der Waals surface area contributed by atoms with Crippen LogP contribution in [0.15, 0.2) is 24.3 Å². The average Bonchev–Trinajstić information content (AvgIpc) is 3.36. The van der Waals surface area contributed by atoms with E-state index in [-0.39, 0.29) is 35.9 Å². The quantitative estimate of drug-likeness (QED) is 0.735. The van der Waals surface area contributed by atoms with E-state index < -0.39 is 0 Å². The lowest BCUT2D eigenvalue weighted by Crippen LogP contribution is -2.34. The maximum atomic E-state index is 12.9. The summed E-state index contributed by atoms with van der Waals surface area (Å²) in [5, 5.41) is 5.61. The van der Waals surface area contributed by atoms with Crippen LogP contribution in [-0.2, 0) is 20.9 Å². The largest absolute Gasteiger partial charge is 0.373 e. The van der Waals surface area contributed by atoms with Crippen molar-refractivity contribution in [1.82, 2.24) is 9.78 Å². The molecule has 0 aliphatic carbocycles. The van der Waals surface area contributed by atoms with E-state index in [0.717, 1.165) is 24.1 Å². The molecule has 0 radical (unpaired) electrons. The van der Waals surface area contributed by atoms with E-state index in [2.05, 4.69) is 5.10 Å². The molecule has 8 heteroatoms. The summed E-state index contributed by atoms with van der Waals surface area (Å²) in [5.74, 6) is -0.755. The van der Waals surface area contributed by atoms with Crippen molar-refractivity contribution in [3.05, 3.63) is 45.6 Å². The lowest BCUT2D eigenvalue weighted by molar-refractivity contribution is -0.124. The smallest absolute Gasteiger partial charge is 0.241 e. The molecule has 0 saturated carbocycles. The Bertz CT molecular complexity index is 925. The average molecular weight is 406 g/mol. The summed E-state index contributed by atoms with van der Waals surface area (Å²) in [7, 11) is 0. The van der Waals surface area contributed by atoms with Crippen molar-refractivity contribution < 1.29 is 14.3 Å². The minimum Gasteiger partial charge on any atom is -0.373 e. The molecule has 6 nitrogen and oxygen atoms in total. The number of rotatable bonds is 3. The lowest BCUT2D eigenvalue weighted by atomic mass is 9.81. The first-order chi connectivity index (χ1) is 13.0. The molecule has 2 bridgehead atoms. The van der Waals surface area contributed by atoms with Crippen molar-refractivity contribution >= 4 is 40.8 Å². The summed E-state index contributed by atoms with van der Waals surface area (Å²) in [6.07, 6.45) is 1.42.